The number of carbonyl (C=O) groups is 1. The van der Waals surface area contributed by atoms with Gasteiger partial charge in [0.05, 0.1) is 23.9 Å². The van der Waals surface area contributed by atoms with Crippen LogP contribution in [0.15, 0.2) is 42.9 Å². The Bertz CT molecular complexity index is 1070. The molecule has 5 rings (SSSR count). The van der Waals surface area contributed by atoms with E-state index in [0.29, 0.717) is 5.02 Å². The van der Waals surface area contributed by atoms with Crippen LogP contribution in [-0.2, 0) is 21.7 Å². The topological polar surface area (TPSA) is 84.2 Å². The summed E-state index contributed by atoms with van der Waals surface area (Å²) in [6.07, 6.45) is 6.79. The Balaban J connectivity index is 1.37. The highest BCUT2D eigenvalue weighted by atomic mass is 35.5. The highest BCUT2D eigenvalue weighted by Gasteiger charge is 2.48. The van der Waals surface area contributed by atoms with Crippen molar-refractivity contribution in [3.63, 3.8) is 0 Å². The molecule has 0 aliphatic carbocycles. The van der Waals surface area contributed by atoms with Crippen molar-refractivity contribution in [3.05, 3.63) is 64.6 Å². The quantitative estimate of drug-likeness (QED) is 0.689. The fourth-order valence-electron chi connectivity index (χ4n) is 4.71. The molecule has 2 aliphatic heterocycles. The number of halogens is 1. The van der Waals surface area contributed by atoms with Gasteiger partial charge in [0, 0.05) is 42.4 Å². The number of ether oxygens (including phenoxy) is 1. The van der Waals surface area contributed by atoms with E-state index in [1.165, 1.54) is 10.9 Å². The van der Waals surface area contributed by atoms with Crippen molar-refractivity contribution in [2.24, 2.45) is 5.73 Å². The molecule has 6 nitrogen and oxygen atoms in total. The molecule has 0 amide bonds. The molecule has 1 unspecified atom stereocenters. The van der Waals surface area contributed by atoms with Gasteiger partial charge in [-0.15, -0.1) is 0 Å². The van der Waals surface area contributed by atoms with Gasteiger partial charge in [0.1, 0.15) is 6.10 Å². The summed E-state index contributed by atoms with van der Waals surface area (Å²) in [5, 5.41) is 1.88. The molecule has 1 fully saturated rings. The van der Waals surface area contributed by atoms with Crippen molar-refractivity contribution in [1.82, 2.24) is 14.9 Å². The number of ketones is 1. The van der Waals surface area contributed by atoms with E-state index in [0.717, 1.165) is 49.1 Å². The third-order valence-corrected chi connectivity index (χ3v) is 6.49. The highest BCUT2D eigenvalue weighted by molar-refractivity contribution is 6.30. The molecule has 4 heterocycles. The van der Waals surface area contributed by atoms with Gasteiger partial charge in [-0.25, -0.2) is 0 Å². The van der Waals surface area contributed by atoms with Crippen LogP contribution in [0.3, 0.4) is 0 Å². The second kappa shape index (κ2) is 7.22. The summed E-state index contributed by atoms with van der Waals surface area (Å²) < 4.78 is 6.39. The van der Waals surface area contributed by atoms with Crippen molar-refractivity contribution >= 4 is 28.3 Å². The van der Waals surface area contributed by atoms with Crippen molar-refractivity contribution in [3.8, 4) is 0 Å². The number of benzene rings is 1. The number of aromatic amines is 1. The Morgan fingerprint density at radius 1 is 1.34 bits per heavy atom. The average Bonchev–Trinajstić information content (AvgIpc) is 3.29. The molecule has 2 aliphatic rings. The molecular weight excluding hydrogens is 388 g/mol. The van der Waals surface area contributed by atoms with Gasteiger partial charge in [-0.05, 0) is 47.7 Å². The minimum Gasteiger partial charge on any atom is -0.360 e. The van der Waals surface area contributed by atoms with Crippen LogP contribution < -0.4 is 5.73 Å². The minimum atomic E-state index is -0.583. The summed E-state index contributed by atoms with van der Waals surface area (Å²) in [5.41, 5.74) is 9.46. The third-order valence-electron chi connectivity index (χ3n) is 6.25. The highest BCUT2D eigenvalue weighted by Crippen LogP contribution is 2.50. The first-order valence-corrected chi connectivity index (χ1v) is 10.3. The lowest BCUT2D eigenvalue weighted by atomic mass is 9.83. The summed E-state index contributed by atoms with van der Waals surface area (Å²) in [5.74, 6) is -0.0831. The minimum absolute atomic E-state index is 0.0235. The van der Waals surface area contributed by atoms with Crippen LogP contribution in [0, 0.1) is 0 Å². The monoisotopic (exact) mass is 410 g/mol. The lowest BCUT2D eigenvalue weighted by Crippen LogP contribution is -2.42. The normalized spacial score (nSPS) is 21.0. The zero-order valence-corrected chi connectivity index (χ0v) is 16.8. The van der Waals surface area contributed by atoms with E-state index in [1.54, 1.807) is 0 Å². The van der Waals surface area contributed by atoms with E-state index in [1.807, 2.05) is 36.7 Å². The fraction of sp³-hybridized carbons (Fsp3) is 0.364. The van der Waals surface area contributed by atoms with Gasteiger partial charge < -0.3 is 15.5 Å². The van der Waals surface area contributed by atoms with Crippen LogP contribution in [0.4, 0.5) is 0 Å². The van der Waals surface area contributed by atoms with Gasteiger partial charge in [0.2, 0.25) is 0 Å². The maximum Gasteiger partial charge on any atom is 0.179 e. The number of fused-ring (bicyclic) bond motifs is 3. The molecule has 7 heteroatoms. The second-order valence-electron chi connectivity index (χ2n) is 7.91. The largest absolute Gasteiger partial charge is 0.360 e. The maximum atomic E-state index is 12.4. The molecule has 29 heavy (non-hydrogen) atoms. The SMILES string of the molecule is NCC(=O)C1OC2(CCN(Cc3c[nH]c4cnccc34)CC2)c2cc(Cl)ccc21. The number of Topliss-reactive ketones (excluding diaryl/α,β-unsaturated/α-hetero) is 1. The van der Waals surface area contributed by atoms with E-state index in [4.69, 9.17) is 22.1 Å². The van der Waals surface area contributed by atoms with Crippen molar-refractivity contribution in [2.45, 2.75) is 31.1 Å². The van der Waals surface area contributed by atoms with E-state index in [2.05, 4.69) is 21.1 Å². The van der Waals surface area contributed by atoms with Crippen LogP contribution in [0.25, 0.3) is 10.9 Å². The Morgan fingerprint density at radius 3 is 2.97 bits per heavy atom. The van der Waals surface area contributed by atoms with E-state index < -0.39 is 11.7 Å². The Morgan fingerprint density at radius 2 is 2.17 bits per heavy atom. The number of carbonyl (C=O) groups excluding carboxylic acids is 1. The lowest BCUT2D eigenvalue weighted by Gasteiger charge is -2.39. The van der Waals surface area contributed by atoms with Crippen LogP contribution >= 0.6 is 11.6 Å². The van der Waals surface area contributed by atoms with Crippen LogP contribution in [0.1, 0.15) is 35.6 Å². The van der Waals surface area contributed by atoms with Crippen LogP contribution in [0.2, 0.25) is 5.02 Å². The lowest BCUT2D eigenvalue weighted by molar-refractivity contribution is -0.147. The first-order chi connectivity index (χ1) is 14.1. The van der Waals surface area contributed by atoms with Crippen LogP contribution in [-0.4, -0.2) is 40.3 Å². The predicted octanol–water partition coefficient (Wildman–Crippen LogP) is 3.31. The first-order valence-electron chi connectivity index (χ1n) is 9.92. The van der Waals surface area contributed by atoms with Crippen molar-refractivity contribution < 1.29 is 9.53 Å². The molecular formula is C22H23ClN4O2. The molecule has 3 N–H and O–H groups in total. The Kier molecular flexibility index (Phi) is 4.67. The summed E-state index contributed by atoms with van der Waals surface area (Å²) >= 11 is 6.28. The number of likely N-dealkylation sites (tertiary alicyclic amines) is 1. The van der Waals surface area contributed by atoms with E-state index in [9.17, 15) is 4.79 Å². The standard InChI is InChI=1S/C22H23ClN4O2/c23-15-1-2-17-18(9-15)22(29-21(17)20(28)10-24)4-7-27(8-5-22)13-14-11-26-19-12-25-6-3-16(14)19/h1-3,6,9,11-12,21,26H,4-5,7-8,10,13,24H2. The number of hydrogen-bond donors (Lipinski definition) is 2. The van der Waals surface area contributed by atoms with Crippen LogP contribution in [0.5, 0.6) is 0 Å². The molecule has 1 saturated heterocycles. The van der Waals surface area contributed by atoms with Crippen molar-refractivity contribution in [2.75, 3.05) is 19.6 Å². The number of nitrogens with zero attached hydrogens (tertiary/aromatic N) is 2. The van der Waals surface area contributed by atoms with E-state index in [-0.39, 0.29) is 12.3 Å². The number of hydrogen-bond acceptors (Lipinski definition) is 5. The summed E-state index contributed by atoms with van der Waals surface area (Å²) in [4.78, 5) is 22.3. The zero-order valence-electron chi connectivity index (χ0n) is 16.0. The second-order valence-corrected chi connectivity index (χ2v) is 8.34. The number of rotatable bonds is 4. The Hall–Kier alpha value is -2.25. The van der Waals surface area contributed by atoms with Gasteiger partial charge in [-0.1, -0.05) is 17.7 Å². The molecule has 0 saturated carbocycles. The molecule has 0 radical (unpaired) electrons. The third kappa shape index (κ3) is 3.16. The summed E-state index contributed by atoms with van der Waals surface area (Å²) in [7, 11) is 0. The molecule has 1 spiro atoms. The van der Waals surface area contributed by atoms with Gasteiger partial charge in [-0.2, -0.15) is 0 Å². The number of aromatic nitrogens is 2. The predicted molar refractivity (Wildman–Crippen MR) is 112 cm³/mol. The zero-order chi connectivity index (χ0) is 20.0. The molecule has 2 aromatic heterocycles. The smallest absolute Gasteiger partial charge is 0.179 e. The fourth-order valence-corrected chi connectivity index (χ4v) is 4.89. The number of nitrogens with one attached hydrogen (secondary N) is 1. The number of piperidine rings is 1. The molecule has 1 aromatic carbocycles. The average molecular weight is 411 g/mol. The maximum absolute atomic E-state index is 12.4. The summed E-state index contributed by atoms with van der Waals surface area (Å²) in [6, 6.07) is 7.74. The molecule has 1 atom stereocenters. The first kappa shape index (κ1) is 18.8. The summed E-state index contributed by atoms with van der Waals surface area (Å²) in [6.45, 7) is 2.61. The van der Waals surface area contributed by atoms with E-state index >= 15 is 0 Å². The van der Waals surface area contributed by atoms with Gasteiger partial charge in [0.25, 0.3) is 0 Å². The number of H-pyrrole nitrogens is 1. The molecule has 0 bridgehead atoms. The van der Waals surface area contributed by atoms with Gasteiger partial charge in [-0.3, -0.25) is 14.7 Å². The van der Waals surface area contributed by atoms with Crippen molar-refractivity contribution in [1.29, 1.82) is 0 Å². The molecule has 150 valence electrons. The Labute approximate surface area is 174 Å². The number of pyridine rings is 1. The number of nitrogens with two attached hydrogens (primary N) is 1. The molecule has 3 aromatic rings. The van der Waals surface area contributed by atoms with Gasteiger partial charge in [0.15, 0.2) is 5.78 Å². The van der Waals surface area contributed by atoms with Gasteiger partial charge >= 0.3 is 0 Å².